The Morgan fingerprint density at radius 3 is 2.94 bits per heavy atom. The maximum Gasteiger partial charge on any atom is 0.536 e. The number of β-lactam (4-membered cyclic amide) rings is 1. The molecule has 1 heterocycles. The van der Waals surface area contributed by atoms with E-state index >= 15 is 0 Å². The molecule has 1 rings (SSSR count). The van der Waals surface area contributed by atoms with Crippen LogP contribution < -0.4 is 5.32 Å². The molecule has 1 aliphatic rings. The molecule has 0 aromatic rings. The molecule has 0 spiro atoms. The predicted octanol–water partition coefficient (Wildman–Crippen LogP) is 0.601. The van der Waals surface area contributed by atoms with Crippen molar-refractivity contribution in [3.05, 3.63) is 0 Å². The lowest BCUT2D eigenvalue weighted by Crippen LogP contribution is -2.62. The highest BCUT2D eigenvalue weighted by Crippen LogP contribution is 2.17. The molecule has 16 heavy (non-hydrogen) atoms. The topological polar surface area (TPSA) is 78.9 Å². The van der Waals surface area contributed by atoms with Crippen LogP contribution in [0.3, 0.4) is 0 Å². The van der Waals surface area contributed by atoms with Gasteiger partial charge in [0, 0.05) is 0 Å². The van der Waals surface area contributed by atoms with E-state index in [2.05, 4.69) is 12.2 Å². The Morgan fingerprint density at radius 1 is 1.62 bits per heavy atom. The summed E-state index contributed by atoms with van der Waals surface area (Å²) < 4.78 is 10.3. The van der Waals surface area contributed by atoms with Crippen LogP contribution in [0, 0.1) is 0 Å². The molecular formula is C9H18N2O4P+. The van der Waals surface area contributed by atoms with Crippen molar-refractivity contribution >= 4 is 13.9 Å². The quantitative estimate of drug-likeness (QED) is 0.374. The van der Waals surface area contributed by atoms with Gasteiger partial charge >= 0.3 is 8.03 Å². The van der Waals surface area contributed by atoms with E-state index in [1.807, 2.05) is 0 Å². The minimum Gasteiger partial charge on any atom is -0.304 e. The van der Waals surface area contributed by atoms with Crippen LogP contribution in [0.1, 0.15) is 26.2 Å². The predicted molar refractivity (Wildman–Crippen MR) is 58.8 cm³/mol. The van der Waals surface area contributed by atoms with Crippen LogP contribution in [-0.4, -0.2) is 41.3 Å². The first kappa shape index (κ1) is 13.5. The molecule has 0 radical (unpaired) electrons. The van der Waals surface area contributed by atoms with Crippen LogP contribution in [0.25, 0.3) is 0 Å². The molecule has 2 atom stereocenters. The number of hydrogen-bond acceptors (Lipinski definition) is 4. The summed E-state index contributed by atoms with van der Waals surface area (Å²) in [6, 6.07) is -0.187. The van der Waals surface area contributed by atoms with Crippen molar-refractivity contribution in [1.29, 1.82) is 0 Å². The van der Waals surface area contributed by atoms with Gasteiger partial charge in [0.25, 0.3) is 12.3 Å². The van der Waals surface area contributed by atoms with E-state index in [1.54, 1.807) is 0 Å². The summed E-state index contributed by atoms with van der Waals surface area (Å²) in [6.07, 6.45) is 3.05. The van der Waals surface area contributed by atoms with Crippen molar-refractivity contribution in [2.75, 3.05) is 19.4 Å². The second-order valence-corrected chi connectivity index (χ2v) is 4.69. The molecule has 2 N–H and O–H groups in total. The molecule has 6 nitrogen and oxygen atoms in total. The number of rotatable bonds is 8. The zero-order valence-electron chi connectivity index (χ0n) is 9.39. The Bertz CT molecular complexity index is 262. The Morgan fingerprint density at radius 2 is 2.38 bits per heavy atom. The first-order chi connectivity index (χ1) is 7.65. The summed E-state index contributed by atoms with van der Waals surface area (Å²) in [7, 11) is -2.34. The van der Waals surface area contributed by atoms with Crippen molar-refractivity contribution in [3.63, 3.8) is 0 Å². The molecule has 1 saturated heterocycles. The highest BCUT2D eigenvalue weighted by molar-refractivity contribution is 7.37. The number of unbranched alkanes of at least 4 members (excludes halogenated alkanes) is 2. The van der Waals surface area contributed by atoms with Gasteiger partial charge in [-0.15, -0.1) is 0 Å². The van der Waals surface area contributed by atoms with E-state index in [0.29, 0.717) is 6.54 Å². The number of carbonyl (C=O) groups is 1. The average molecular weight is 249 g/mol. The summed E-state index contributed by atoms with van der Waals surface area (Å²) >= 11 is 0. The van der Waals surface area contributed by atoms with E-state index < -0.39 is 8.03 Å². The molecule has 0 saturated carbocycles. The summed E-state index contributed by atoms with van der Waals surface area (Å²) in [6.45, 7) is 3.40. The Kier molecular flexibility index (Phi) is 5.84. The maximum atomic E-state index is 11.4. The number of nitrogens with zero attached hydrogens (tertiary/aromatic N) is 1. The first-order valence-corrected chi connectivity index (χ1v) is 6.86. The summed E-state index contributed by atoms with van der Waals surface area (Å²) in [5.74, 6) is -0.159. The van der Waals surface area contributed by atoms with E-state index in [1.165, 1.54) is 0 Å². The molecule has 1 aliphatic heterocycles. The molecule has 0 bridgehead atoms. The molecule has 0 aliphatic carbocycles. The zero-order chi connectivity index (χ0) is 12.0. The van der Waals surface area contributed by atoms with Crippen molar-refractivity contribution in [2.24, 2.45) is 0 Å². The van der Waals surface area contributed by atoms with E-state index in [0.717, 1.165) is 30.9 Å². The Balaban J connectivity index is 2.07. The van der Waals surface area contributed by atoms with Gasteiger partial charge in [-0.25, -0.2) is 9.90 Å². The minimum atomic E-state index is -2.34. The van der Waals surface area contributed by atoms with Crippen molar-refractivity contribution in [1.82, 2.24) is 10.4 Å². The van der Waals surface area contributed by atoms with Crippen LogP contribution in [0.5, 0.6) is 0 Å². The van der Waals surface area contributed by atoms with Gasteiger partial charge in [-0.3, -0.25) is 4.79 Å². The highest BCUT2D eigenvalue weighted by Gasteiger charge is 2.38. The number of hydrogen-bond donors (Lipinski definition) is 2. The maximum absolute atomic E-state index is 11.4. The molecule has 1 amide bonds. The van der Waals surface area contributed by atoms with Gasteiger partial charge < -0.3 is 5.32 Å². The average Bonchev–Trinajstić information content (AvgIpc) is 2.25. The van der Waals surface area contributed by atoms with Crippen LogP contribution in [0.2, 0.25) is 0 Å². The largest absolute Gasteiger partial charge is 0.536 e. The fraction of sp³-hybridized carbons (Fsp3) is 0.889. The van der Waals surface area contributed by atoms with E-state index in [9.17, 15) is 9.36 Å². The number of carbonyl (C=O) groups excluding carboxylic acids is 1. The number of amides is 1. The van der Waals surface area contributed by atoms with Crippen LogP contribution in [-0.2, 0) is 14.2 Å². The molecule has 0 aromatic carbocycles. The van der Waals surface area contributed by atoms with Gasteiger partial charge in [0.05, 0.1) is 6.54 Å². The minimum absolute atomic E-state index is 0.159. The third-order valence-electron chi connectivity index (χ3n) is 2.39. The molecular weight excluding hydrogens is 231 g/mol. The first-order valence-electron chi connectivity index (χ1n) is 5.46. The fourth-order valence-electron chi connectivity index (χ4n) is 1.43. The van der Waals surface area contributed by atoms with E-state index in [-0.39, 0.29) is 18.3 Å². The van der Waals surface area contributed by atoms with Gasteiger partial charge in [0.15, 0.2) is 0 Å². The molecule has 0 aromatic heterocycles. The number of hydroxylamine groups is 2. The van der Waals surface area contributed by atoms with Crippen LogP contribution >= 0.6 is 8.03 Å². The van der Waals surface area contributed by atoms with E-state index in [4.69, 9.17) is 9.73 Å². The lowest BCUT2D eigenvalue weighted by Gasteiger charge is -2.35. The number of nitrogens with one attached hydrogen (secondary N) is 1. The molecule has 92 valence electrons. The smallest absolute Gasteiger partial charge is 0.304 e. The van der Waals surface area contributed by atoms with Crippen molar-refractivity contribution < 1.29 is 19.1 Å². The SMILES string of the molecule is CCCCCNC1CN(OC[P+](=O)O)C1=O. The van der Waals surface area contributed by atoms with Gasteiger partial charge in [0.1, 0.15) is 6.04 Å². The zero-order valence-corrected chi connectivity index (χ0v) is 10.3. The Hall–Kier alpha value is -0.550. The van der Waals surface area contributed by atoms with Crippen molar-refractivity contribution in [2.45, 2.75) is 32.2 Å². The van der Waals surface area contributed by atoms with Crippen LogP contribution in [0.4, 0.5) is 0 Å². The Labute approximate surface area is 95.8 Å². The lowest BCUT2D eigenvalue weighted by atomic mass is 10.1. The summed E-state index contributed by atoms with van der Waals surface area (Å²) in [5.41, 5.74) is 0. The van der Waals surface area contributed by atoms with Gasteiger partial charge in [-0.2, -0.15) is 4.89 Å². The second kappa shape index (κ2) is 6.91. The lowest BCUT2D eigenvalue weighted by molar-refractivity contribution is -0.206. The van der Waals surface area contributed by atoms with Gasteiger partial charge in [0.2, 0.25) is 0 Å². The molecule has 2 unspecified atom stereocenters. The van der Waals surface area contributed by atoms with Gasteiger partial charge in [-0.05, 0) is 17.5 Å². The monoisotopic (exact) mass is 249 g/mol. The van der Waals surface area contributed by atoms with Crippen LogP contribution in [0.15, 0.2) is 0 Å². The fourth-order valence-corrected chi connectivity index (χ4v) is 1.67. The summed E-state index contributed by atoms with van der Waals surface area (Å²) in [5, 5.41) is 4.24. The molecule has 7 heteroatoms. The third-order valence-corrected chi connectivity index (χ3v) is 2.72. The normalized spacial score (nSPS) is 20.9. The molecule has 1 fully saturated rings. The van der Waals surface area contributed by atoms with Gasteiger partial charge in [-0.1, -0.05) is 19.8 Å². The standard InChI is InChI=1S/C9H17N2O4P/c1-2-3-4-5-10-8-6-11(9(8)12)15-7-16(13)14/h8,10H,2-7H2,1H3/p+1. The summed E-state index contributed by atoms with van der Waals surface area (Å²) in [4.78, 5) is 24.7. The highest BCUT2D eigenvalue weighted by atomic mass is 31.1. The van der Waals surface area contributed by atoms with Crippen molar-refractivity contribution in [3.8, 4) is 0 Å². The third kappa shape index (κ3) is 4.14. The second-order valence-electron chi connectivity index (χ2n) is 3.72.